The van der Waals surface area contributed by atoms with Crippen LogP contribution in [-0.2, 0) is 20.9 Å². The highest BCUT2D eigenvalue weighted by Crippen LogP contribution is 2.21. The highest BCUT2D eigenvalue weighted by atomic mass is 35.5. The Kier molecular flexibility index (Phi) is 7.51. The quantitative estimate of drug-likeness (QED) is 0.572. The molecule has 0 saturated carbocycles. The second-order valence-electron chi connectivity index (χ2n) is 5.23. The number of amides is 1. The Morgan fingerprint density at radius 3 is 2.50 bits per heavy atom. The number of rotatable bonds is 7. The number of ether oxygens (including phenoxy) is 2. The van der Waals surface area contributed by atoms with E-state index >= 15 is 0 Å². The zero-order valence-corrected chi connectivity index (χ0v) is 15.5. The van der Waals surface area contributed by atoms with Gasteiger partial charge in [-0.15, -0.1) is 0 Å². The van der Waals surface area contributed by atoms with Crippen molar-refractivity contribution in [1.82, 2.24) is 5.32 Å². The first-order valence-corrected chi connectivity index (χ1v) is 8.43. The third kappa shape index (κ3) is 6.43. The summed E-state index contributed by atoms with van der Waals surface area (Å²) < 4.78 is 9.95. The van der Waals surface area contributed by atoms with Crippen molar-refractivity contribution >= 4 is 41.2 Å². The van der Waals surface area contributed by atoms with E-state index in [1.807, 2.05) is 12.1 Å². The molecule has 0 fully saturated rings. The maximum atomic E-state index is 11.7. The number of hydrogen-bond acceptors (Lipinski definition) is 4. The van der Waals surface area contributed by atoms with E-state index in [-0.39, 0.29) is 6.61 Å². The SMILES string of the molecule is COc1ccc(CNC(=O)COC(=O)C=Cc2ccc(Cl)cc2Cl)cc1. The molecule has 0 unspecified atom stereocenters. The van der Waals surface area contributed by atoms with Crippen LogP contribution in [0.15, 0.2) is 48.5 Å². The number of halogens is 2. The lowest BCUT2D eigenvalue weighted by Gasteiger charge is -2.06. The lowest BCUT2D eigenvalue weighted by Crippen LogP contribution is -2.28. The summed E-state index contributed by atoms with van der Waals surface area (Å²) in [6, 6.07) is 12.2. The van der Waals surface area contributed by atoms with E-state index in [1.54, 1.807) is 37.4 Å². The highest BCUT2D eigenvalue weighted by molar-refractivity contribution is 6.35. The summed E-state index contributed by atoms with van der Waals surface area (Å²) in [5, 5.41) is 3.58. The lowest BCUT2D eigenvalue weighted by molar-refractivity contribution is -0.143. The summed E-state index contributed by atoms with van der Waals surface area (Å²) in [5.41, 5.74) is 1.53. The Hall–Kier alpha value is -2.50. The first-order valence-electron chi connectivity index (χ1n) is 7.67. The van der Waals surface area contributed by atoms with Gasteiger partial charge in [0.1, 0.15) is 5.75 Å². The number of esters is 1. The van der Waals surface area contributed by atoms with Crippen molar-refractivity contribution < 1.29 is 19.1 Å². The van der Waals surface area contributed by atoms with E-state index in [9.17, 15) is 9.59 Å². The Bertz CT molecular complexity index is 804. The Morgan fingerprint density at radius 1 is 1.12 bits per heavy atom. The third-order valence-electron chi connectivity index (χ3n) is 3.36. The first kappa shape index (κ1) is 19.8. The molecule has 0 radical (unpaired) electrons. The van der Waals surface area contributed by atoms with Gasteiger partial charge in [0.25, 0.3) is 5.91 Å². The molecule has 0 bridgehead atoms. The maximum absolute atomic E-state index is 11.7. The zero-order chi connectivity index (χ0) is 18.9. The van der Waals surface area contributed by atoms with E-state index in [0.717, 1.165) is 11.3 Å². The summed E-state index contributed by atoms with van der Waals surface area (Å²) in [5.74, 6) is -0.302. The molecule has 2 rings (SSSR count). The summed E-state index contributed by atoms with van der Waals surface area (Å²) in [7, 11) is 1.58. The van der Waals surface area contributed by atoms with E-state index in [0.29, 0.717) is 22.2 Å². The third-order valence-corrected chi connectivity index (χ3v) is 3.92. The molecule has 0 atom stereocenters. The number of nitrogens with one attached hydrogen (secondary N) is 1. The Morgan fingerprint density at radius 2 is 1.85 bits per heavy atom. The predicted octanol–water partition coefficient (Wildman–Crippen LogP) is 3.87. The van der Waals surface area contributed by atoms with Crippen LogP contribution in [0.1, 0.15) is 11.1 Å². The van der Waals surface area contributed by atoms with Crippen LogP contribution in [-0.4, -0.2) is 25.6 Å². The van der Waals surface area contributed by atoms with Gasteiger partial charge < -0.3 is 14.8 Å². The fourth-order valence-electron chi connectivity index (χ4n) is 1.97. The van der Waals surface area contributed by atoms with Crippen LogP contribution in [0.4, 0.5) is 0 Å². The molecule has 5 nitrogen and oxygen atoms in total. The van der Waals surface area contributed by atoms with Gasteiger partial charge in [-0.3, -0.25) is 4.79 Å². The zero-order valence-electron chi connectivity index (χ0n) is 14.0. The predicted molar refractivity (Wildman–Crippen MR) is 101 cm³/mol. The molecule has 0 heterocycles. The van der Waals surface area contributed by atoms with Crippen LogP contribution in [0.25, 0.3) is 6.08 Å². The maximum Gasteiger partial charge on any atom is 0.331 e. The fourth-order valence-corrected chi connectivity index (χ4v) is 2.45. The summed E-state index contributed by atoms with van der Waals surface area (Å²) >= 11 is 11.8. The van der Waals surface area contributed by atoms with Gasteiger partial charge in [-0.2, -0.15) is 0 Å². The van der Waals surface area contributed by atoms with Crippen molar-refractivity contribution in [2.24, 2.45) is 0 Å². The largest absolute Gasteiger partial charge is 0.497 e. The molecule has 0 saturated heterocycles. The molecule has 0 spiro atoms. The molecule has 0 aliphatic rings. The van der Waals surface area contributed by atoms with Crippen LogP contribution in [0.3, 0.4) is 0 Å². The average Bonchev–Trinajstić information content (AvgIpc) is 2.64. The fraction of sp³-hybridized carbons (Fsp3) is 0.158. The topological polar surface area (TPSA) is 64.6 Å². The van der Waals surface area contributed by atoms with Gasteiger partial charge >= 0.3 is 5.97 Å². The van der Waals surface area contributed by atoms with Crippen molar-refractivity contribution in [3.8, 4) is 5.75 Å². The average molecular weight is 394 g/mol. The molecule has 136 valence electrons. The van der Waals surface area contributed by atoms with Gasteiger partial charge in [-0.05, 0) is 41.5 Å². The normalized spacial score (nSPS) is 10.6. The molecule has 0 aliphatic carbocycles. The minimum Gasteiger partial charge on any atom is -0.497 e. The number of methoxy groups -OCH3 is 1. The number of carbonyl (C=O) groups is 2. The molecule has 1 N–H and O–H groups in total. The molecular weight excluding hydrogens is 377 g/mol. The molecular formula is C19H17Cl2NO4. The molecule has 2 aromatic rings. The second-order valence-corrected chi connectivity index (χ2v) is 6.08. The molecule has 2 aromatic carbocycles. The lowest BCUT2D eigenvalue weighted by atomic mass is 10.2. The molecule has 7 heteroatoms. The van der Waals surface area contributed by atoms with Gasteiger partial charge in [-0.1, -0.05) is 41.4 Å². The Labute approximate surface area is 161 Å². The molecule has 0 aliphatic heterocycles. The van der Waals surface area contributed by atoms with Crippen molar-refractivity contribution in [1.29, 1.82) is 0 Å². The Balaban J connectivity index is 1.75. The van der Waals surface area contributed by atoms with Gasteiger partial charge in [0.2, 0.25) is 0 Å². The van der Waals surface area contributed by atoms with Crippen molar-refractivity contribution in [2.75, 3.05) is 13.7 Å². The first-order chi connectivity index (χ1) is 12.5. The summed E-state index contributed by atoms with van der Waals surface area (Å²) in [6.07, 6.45) is 2.70. The number of hydrogen-bond donors (Lipinski definition) is 1. The van der Waals surface area contributed by atoms with Gasteiger partial charge in [0.05, 0.1) is 7.11 Å². The minimum atomic E-state index is -0.643. The van der Waals surface area contributed by atoms with Gasteiger partial charge in [0, 0.05) is 22.7 Å². The van der Waals surface area contributed by atoms with Crippen LogP contribution in [0, 0.1) is 0 Å². The summed E-state index contributed by atoms with van der Waals surface area (Å²) in [6.45, 7) is -0.0374. The van der Waals surface area contributed by atoms with Crippen LogP contribution < -0.4 is 10.1 Å². The molecule has 1 amide bonds. The second kappa shape index (κ2) is 9.85. The van der Waals surface area contributed by atoms with Crippen molar-refractivity contribution in [3.05, 3.63) is 69.7 Å². The highest BCUT2D eigenvalue weighted by Gasteiger charge is 2.06. The molecule has 26 heavy (non-hydrogen) atoms. The van der Waals surface area contributed by atoms with E-state index in [1.165, 1.54) is 12.2 Å². The van der Waals surface area contributed by atoms with Gasteiger partial charge in [0.15, 0.2) is 6.61 Å². The van der Waals surface area contributed by atoms with Crippen LogP contribution >= 0.6 is 23.2 Å². The van der Waals surface area contributed by atoms with Crippen LogP contribution in [0.5, 0.6) is 5.75 Å². The summed E-state index contributed by atoms with van der Waals surface area (Å²) in [4.78, 5) is 23.4. The molecule has 0 aromatic heterocycles. The monoisotopic (exact) mass is 393 g/mol. The van der Waals surface area contributed by atoms with Gasteiger partial charge in [-0.25, -0.2) is 4.79 Å². The van der Waals surface area contributed by atoms with Crippen LogP contribution in [0.2, 0.25) is 10.0 Å². The van der Waals surface area contributed by atoms with Crippen molar-refractivity contribution in [3.63, 3.8) is 0 Å². The van der Waals surface area contributed by atoms with E-state index in [2.05, 4.69) is 5.32 Å². The minimum absolute atomic E-state index is 0.330. The number of carbonyl (C=O) groups excluding carboxylic acids is 2. The standard InChI is InChI=1S/C19H17Cl2NO4/c1-25-16-7-2-13(3-8-16)11-22-18(23)12-26-19(24)9-5-14-4-6-15(20)10-17(14)21/h2-10H,11-12H2,1H3,(H,22,23). The van der Waals surface area contributed by atoms with E-state index in [4.69, 9.17) is 32.7 Å². The number of benzene rings is 2. The van der Waals surface area contributed by atoms with Crippen molar-refractivity contribution in [2.45, 2.75) is 6.54 Å². The van der Waals surface area contributed by atoms with E-state index < -0.39 is 11.9 Å². The smallest absolute Gasteiger partial charge is 0.331 e.